The Morgan fingerprint density at radius 2 is 2.15 bits per heavy atom. The molecule has 0 saturated heterocycles. The van der Waals surface area contributed by atoms with Crippen LogP contribution < -0.4 is 5.73 Å². The lowest BCUT2D eigenvalue weighted by Gasteiger charge is -2.21. The normalized spacial score (nSPS) is 11.7. The number of halogens is 1. The van der Waals surface area contributed by atoms with Crippen LogP contribution in [0, 0.1) is 5.41 Å². The SMILES string of the molecule is CC(C)(CN)Cc1ccc(Cl)cn1. The van der Waals surface area contributed by atoms with Gasteiger partial charge in [-0.2, -0.15) is 0 Å². The number of nitrogens with zero attached hydrogens (tertiary/aromatic N) is 1. The summed E-state index contributed by atoms with van der Waals surface area (Å²) in [5, 5.41) is 0.675. The lowest BCUT2D eigenvalue weighted by molar-refractivity contribution is 0.372. The summed E-state index contributed by atoms with van der Waals surface area (Å²) in [5.41, 5.74) is 6.78. The van der Waals surface area contributed by atoms with E-state index >= 15 is 0 Å². The zero-order chi connectivity index (χ0) is 9.90. The van der Waals surface area contributed by atoms with E-state index in [0.717, 1.165) is 12.1 Å². The van der Waals surface area contributed by atoms with E-state index in [0.29, 0.717) is 11.6 Å². The first-order valence-corrected chi connectivity index (χ1v) is 4.72. The molecule has 3 heteroatoms. The van der Waals surface area contributed by atoms with Crippen molar-refractivity contribution < 1.29 is 0 Å². The number of hydrogen-bond donors (Lipinski definition) is 1. The Labute approximate surface area is 84.1 Å². The monoisotopic (exact) mass is 198 g/mol. The summed E-state index contributed by atoms with van der Waals surface area (Å²) in [4.78, 5) is 4.22. The van der Waals surface area contributed by atoms with Gasteiger partial charge in [0, 0.05) is 11.9 Å². The van der Waals surface area contributed by atoms with Gasteiger partial charge in [0.05, 0.1) is 5.02 Å². The summed E-state index contributed by atoms with van der Waals surface area (Å²) in [6, 6.07) is 3.80. The van der Waals surface area contributed by atoms with Crippen molar-refractivity contribution in [3.8, 4) is 0 Å². The Hall–Kier alpha value is -0.600. The molecule has 0 saturated carbocycles. The first-order chi connectivity index (χ1) is 6.03. The third-order valence-electron chi connectivity index (χ3n) is 2.00. The Kier molecular flexibility index (Phi) is 3.28. The van der Waals surface area contributed by atoms with Crippen LogP contribution in [0.3, 0.4) is 0 Å². The second kappa shape index (κ2) is 4.07. The number of pyridine rings is 1. The van der Waals surface area contributed by atoms with E-state index in [-0.39, 0.29) is 5.41 Å². The lowest BCUT2D eigenvalue weighted by atomic mass is 9.88. The van der Waals surface area contributed by atoms with Crippen molar-refractivity contribution in [3.05, 3.63) is 29.0 Å². The minimum absolute atomic E-state index is 0.112. The standard InChI is InChI=1S/C10H15ClN2/c1-10(2,7-12)5-9-4-3-8(11)6-13-9/h3-4,6H,5,7,12H2,1-2H3. The van der Waals surface area contributed by atoms with Gasteiger partial charge in [0.15, 0.2) is 0 Å². The Balaban J connectivity index is 2.69. The van der Waals surface area contributed by atoms with Gasteiger partial charge in [0.25, 0.3) is 0 Å². The maximum absolute atomic E-state index is 5.73. The van der Waals surface area contributed by atoms with Gasteiger partial charge in [0.2, 0.25) is 0 Å². The van der Waals surface area contributed by atoms with Gasteiger partial charge in [0.1, 0.15) is 0 Å². The fraction of sp³-hybridized carbons (Fsp3) is 0.500. The highest BCUT2D eigenvalue weighted by Gasteiger charge is 2.16. The summed E-state index contributed by atoms with van der Waals surface area (Å²) < 4.78 is 0. The van der Waals surface area contributed by atoms with Gasteiger partial charge in [-0.25, -0.2) is 0 Å². The van der Waals surface area contributed by atoms with Crippen LogP contribution in [-0.2, 0) is 6.42 Å². The zero-order valence-corrected chi connectivity index (χ0v) is 8.80. The van der Waals surface area contributed by atoms with Crippen molar-refractivity contribution in [2.45, 2.75) is 20.3 Å². The molecule has 0 bridgehead atoms. The summed E-state index contributed by atoms with van der Waals surface area (Å²) >= 11 is 5.73. The van der Waals surface area contributed by atoms with Gasteiger partial charge in [-0.1, -0.05) is 25.4 Å². The molecule has 72 valence electrons. The molecular weight excluding hydrogens is 184 g/mol. The molecule has 2 N–H and O–H groups in total. The fourth-order valence-electron chi connectivity index (χ4n) is 1.07. The van der Waals surface area contributed by atoms with Crippen molar-refractivity contribution in [2.24, 2.45) is 11.1 Å². The minimum atomic E-state index is 0.112. The van der Waals surface area contributed by atoms with E-state index in [2.05, 4.69) is 18.8 Å². The smallest absolute Gasteiger partial charge is 0.0589 e. The minimum Gasteiger partial charge on any atom is -0.330 e. The summed E-state index contributed by atoms with van der Waals surface area (Å²) in [6.45, 7) is 4.92. The lowest BCUT2D eigenvalue weighted by Crippen LogP contribution is -2.26. The second-order valence-electron chi connectivity index (χ2n) is 4.01. The number of aromatic nitrogens is 1. The highest BCUT2D eigenvalue weighted by molar-refractivity contribution is 6.30. The van der Waals surface area contributed by atoms with Crippen LogP contribution in [0.1, 0.15) is 19.5 Å². The van der Waals surface area contributed by atoms with Gasteiger partial charge in [-0.3, -0.25) is 4.98 Å². The molecule has 13 heavy (non-hydrogen) atoms. The third kappa shape index (κ3) is 3.33. The fourth-order valence-corrected chi connectivity index (χ4v) is 1.19. The number of nitrogens with two attached hydrogens (primary N) is 1. The van der Waals surface area contributed by atoms with Gasteiger partial charge in [-0.05, 0) is 30.5 Å². The van der Waals surface area contributed by atoms with Crippen LogP contribution in [0.4, 0.5) is 0 Å². The van der Waals surface area contributed by atoms with E-state index in [1.54, 1.807) is 6.20 Å². The van der Waals surface area contributed by atoms with Crippen LogP contribution in [0.15, 0.2) is 18.3 Å². The molecule has 0 aliphatic heterocycles. The highest BCUT2D eigenvalue weighted by atomic mass is 35.5. The van der Waals surface area contributed by atoms with E-state index in [1.807, 2.05) is 12.1 Å². The topological polar surface area (TPSA) is 38.9 Å². The van der Waals surface area contributed by atoms with Crippen LogP contribution in [0.25, 0.3) is 0 Å². The molecular formula is C10H15ClN2. The van der Waals surface area contributed by atoms with E-state index in [9.17, 15) is 0 Å². The molecule has 1 aromatic rings. The maximum Gasteiger partial charge on any atom is 0.0589 e. The van der Waals surface area contributed by atoms with Crippen molar-refractivity contribution in [2.75, 3.05) is 6.54 Å². The van der Waals surface area contributed by atoms with Gasteiger partial charge < -0.3 is 5.73 Å². The van der Waals surface area contributed by atoms with E-state index in [4.69, 9.17) is 17.3 Å². The van der Waals surface area contributed by atoms with Crippen LogP contribution >= 0.6 is 11.6 Å². The first kappa shape index (κ1) is 10.5. The predicted octanol–water partition coefficient (Wildman–Crippen LogP) is 2.26. The summed E-state index contributed by atoms with van der Waals surface area (Å²) in [7, 11) is 0. The average Bonchev–Trinajstić information content (AvgIpc) is 2.09. The highest BCUT2D eigenvalue weighted by Crippen LogP contribution is 2.19. The molecule has 2 nitrogen and oxygen atoms in total. The largest absolute Gasteiger partial charge is 0.330 e. The van der Waals surface area contributed by atoms with Crippen molar-refractivity contribution in [3.63, 3.8) is 0 Å². The summed E-state index contributed by atoms with van der Waals surface area (Å²) in [6.07, 6.45) is 2.56. The number of hydrogen-bond acceptors (Lipinski definition) is 2. The Morgan fingerprint density at radius 3 is 2.62 bits per heavy atom. The number of rotatable bonds is 3. The Morgan fingerprint density at radius 1 is 1.46 bits per heavy atom. The third-order valence-corrected chi connectivity index (χ3v) is 2.22. The molecule has 0 aliphatic rings. The summed E-state index contributed by atoms with van der Waals surface area (Å²) in [5.74, 6) is 0. The molecule has 0 unspecified atom stereocenters. The molecule has 0 fully saturated rings. The van der Waals surface area contributed by atoms with Gasteiger partial charge >= 0.3 is 0 Å². The molecule has 1 rings (SSSR count). The molecule has 0 aliphatic carbocycles. The quantitative estimate of drug-likeness (QED) is 0.810. The molecule has 0 atom stereocenters. The first-order valence-electron chi connectivity index (χ1n) is 4.34. The van der Waals surface area contributed by atoms with Crippen molar-refractivity contribution >= 4 is 11.6 Å². The van der Waals surface area contributed by atoms with Gasteiger partial charge in [-0.15, -0.1) is 0 Å². The molecule has 0 radical (unpaired) electrons. The zero-order valence-electron chi connectivity index (χ0n) is 8.05. The van der Waals surface area contributed by atoms with E-state index in [1.165, 1.54) is 0 Å². The van der Waals surface area contributed by atoms with Crippen LogP contribution in [0.5, 0.6) is 0 Å². The molecule has 0 amide bonds. The van der Waals surface area contributed by atoms with E-state index < -0.39 is 0 Å². The molecule has 0 spiro atoms. The van der Waals surface area contributed by atoms with Crippen molar-refractivity contribution in [1.82, 2.24) is 4.98 Å². The predicted molar refractivity (Wildman–Crippen MR) is 55.8 cm³/mol. The van der Waals surface area contributed by atoms with Crippen LogP contribution in [-0.4, -0.2) is 11.5 Å². The average molecular weight is 199 g/mol. The molecule has 1 heterocycles. The Bertz CT molecular complexity index is 267. The van der Waals surface area contributed by atoms with Crippen LogP contribution in [0.2, 0.25) is 5.02 Å². The maximum atomic E-state index is 5.73. The second-order valence-corrected chi connectivity index (χ2v) is 4.45. The molecule has 0 aromatic carbocycles. The molecule has 1 aromatic heterocycles. The van der Waals surface area contributed by atoms with Crippen molar-refractivity contribution in [1.29, 1.82) is 0 Å².